The molecule has 3 aromatic carbocycles. The third-order valence-electron chi connectivity index (χ3n) is 3.97. The van der Waals surface area contributed by atoms with Crippen molar-refractivity contribution >= 4 is 20.8 Å². The lowest BCUT2D eigenvalue weighted by Crippen LogP contribution is -2.04. The molecule has 24 heavy (non-hydrogen) atoms. The molecule has 0 saturated heterocycles. The molecule has 1 atom stereocenters. The van der Waals surface area contributed by atoms with Crippen LogP contribution in [0, 0.1) is 0 Å². The molecule has 0 bridgehead atoms. The lowest BCUT2D eigenvalue weighted by molar-refractivity contribution is -0.0796. The van der Waals surface area contributed by atoms with Crippen molar-refractivity contribution in [3.63, 3.8) is 0 Å². The first-order chi connectivity index (χ1) is 11.4. The van der Waals surface area contributed by atoms with Gasteiger partial charge in [0.15, 0.2) is 0 Å². The fourth-order valence-corrected chi connectivity index (χ4v) is 5.47. The molecule has 3 aromatic rings. The largest absolute Gasteiger partial charge is 0.410 e. The van der Waals surface area contributed by atoms with E-state index in [1.807, 2.05) is 79.1 Å². The van der Waals surface area contributed by atoms with Crippen LogP contribution in [0.3, 0.4) is 0 Å². The van der Waals surface area contributed by atoms with Crippen molar-refractivity contribution in [3.8, 4) is 0 Å². The summed E-state index contributed by atoms with van der Waals surface area (Å²) in [6, 6.07) is 23.1. The number of fused-ring (bicyclic) bond motifs is 1. The molecule has 0 radical (unpaired) electrons. The number of hydrogen-bond donors (Lipinski definition) is 0. The van der Waals surface area contributed by atoms with E-state index >= 15 is 0 Å². The second-order valence-electron chi connectivity index (χ2n) is 5.62. The fraction of sp³-hybridized carbons (Fsp3) is 0.100. The predicted octanol–water partition coefficient (Wildman–Crippen LogP) is 6.77. The maximum absolute atomic E-state index is 12.9. The van der Waals surface area contributed by atoms with E-state index in [2.05, 4.69) is 0 Å². The van der Waals surface area contributed by atoms with Crippen LogP contribution in [0.4, 0.5) is 13.2 Å². The zero-order chi connectivity index (χ0) is 17.2. The highest BCUT2D eigenvalue weighted by Crippen LogP contribution is 2.62. The lowest BCUT2D eigenvalue weighted by Gasteiger charge is -2.35. The number of benzene rings is 3. The summed E-state index contributed by atoms with van der Waals surface area (Å²) in [6.07, 6.45) is -2.04. The van der Waals surface area contributed by atoms with Gasteiger partial charge in [0.2, 0.25) is 0 Å². The molecule has 0 fully saturated rings. The number of hydrogen-bond acceptors (Lipinski definition) is 0. The minimum atomic E-state index is -4.33. The maximum Gasteiger partial charge on any atom is 0.410 e. The smallest absolute Gasteiger partial charge is 0.169 e. The zero-order valence-corrected chi connectivity index (χ0v) is 13.9. The van der Waals surface area contributed by atoms with Crippen molar-refractivity contribution in [3.05, 3.63) is 84.3 Å². The second-order valence-corrected chi connectivity index (χ2v) is 8.76. The topological polar surface area (TPSA) is 0 Å². The minimum absolute atomic E-state index is 0.372. The number of alkyl halides is 3. The number of rotatable bonds is 3. The van der Waals surface area contributed by atoms with Gasteiger partial charge in [0.1, 0.15) is 0 Å². The summed E-state index contributed by atoms with van der Waals surface area (Å²) in [5, 5.41) is 3.36. The molecule has 1 unspecified atom stereocenters. The van der Waals surface area contributed by atoms with E-state index < -0.39 is 16.2 Å². The van der Waals surface area contributed by atoms with Gasteiger partial charge in [-0.3, -0.25) is 0 Å². The van der Waals surface area contributed by atoms with Gasteiger partial charge < -0.3 is 0 Å². The van der Waals surface area contributed by atoms with E-state index in [0.717, 1.165) is 20.6 Å². The molecule has 0 aliphatic heterocycles. The van der Waals surface area contributed by atoms with Gasteiger partial charge in [0.25, 0.3) is 0 Å². The SMILES string of the molecule is CS(/C=C/C(F)(F)F)(c1ccccc1)c1cccc2ccccc12. The Morgan fingerprint density at radius 1 is 0.792 bits per heavy atom. The van der Waals surface area contributed by atoms with Crippen LogP contribution in [0.5, 0.6) is 0 Å². The average molecular weight is 346 g/mol. The van der Waals surface area contributed by atoms with Crippen molar-refractivity contribution in [2.45, 2.75) is 16.0 Å². The van der Waals surface area contributed by atoms with Crippen LogP contribution in [-0.4, -0.2) is 12.4 Å². The standard InChI is InChI=1S/C20H17F3S/c1-24(15-14-20(21,22)23,17-10-3-2-4-11-17)19-13-7-9-16-8-5-6-12-18(16)19/h2-15H,1H3/b15-14+. The molecule has 0 aliphatic rings. The van der Waals surface area contributed by atoms with Gasteiger partial charge in [-0.05, 0) is 45.5 Å². The Balaban J connectivity index is 2.27. The summed E-state index contributed by atoms with van der Waals surface area (Å²) < 4.78 is 38.6. The van der Waals surface area contributed by atoms with Crippen molar-refractivity contribution < 1.29 is 13.2 Å². The molecular formula is C20H17F3S. The zero-order valence-electron chi connectivity index (χ0n) is 13.1. The molecule has 0 saturated carbocycles. The van der Waals surface area contributed by atoms with E-state index in [9.17, 15) is 13.2 Å². The van der Waals surface area contributed by atoms with Gasteiger partial charge in [0, 0.05) is 11.0 Å². The van der Waals surface area contributed by atoms with Gasteiger partial charge in [-0.25, -0.2) is 0 Å². The van der Waals surface area contributed by atoms with E-state index in [1.54, 1.807) is 0 Å². The van der Waals surface area contributed by atoms with E-state index in [0.29, 0.717) is 6.08 Å². The van der Waals surface area contributed by atoms with Crippen LogP contribution in [0.25, 0.3) is 10.8 Å². The molecule has 0 aromatic heterocycles. The van der Waals surface area contributed by atoms with Gasteiger partial charge in [-0.15, -0.1) is 0 Å². The van der Waals surface area contributed by atoms with Crippen molar-refractivity contribution in [1.82, 2.24) is 0 Å². The van der Waals surface area contributed by atoms with Crippen LogP contribution >= 0.6 is 10.0 Å². The molecule has 0 aliphatic carbocycles. The summed E-state index contributed by atoms with van der Waals surface area (Å²) >= 11 is 0. The molecule has 4 heteroatoms. The van der Waals surface area contributed by atoms with Gasteiger partial charge in [-0.1, -0.05) is 54.6 Å². The Morgan fingerprint density at radius 3 is 2.12 bits per heavy atom. The third-order valence-corrected chi connectivity index (χ3v) is 7.17. The van der Waals surface area contributed by atoms with Gasteiger partial charge >= 0.3 is 6.18 Å². The first-order valence-electron chi connectivity index (χ1n) is 7.47. The second kappa shape index (κ2) is 6.36. The Morgan fingerprint density at radius 2 is 1.42 bits per heavy atom. The molecule has 124 valence electrons. The number of halogens is 3. The maximum atomic E-state index is 12.9. The molecule has 0 nitrogen and oxygen atoms in total. The van der Waals surface area contributed by atoms with Crippen LogP contribution in [-0.2, 0) is 0 Å². The van der Waals surface area contributed by atoms with E-state index in [-0.39, 0.29) is 0 Å². The summed E-state index contributed by atoms with van der Waals surface area (Å²) in [7, 11) is -1.96. The first-order valence-corrected chi connectivity index (χ1v) is 9.58. The Hall–Kier alpha value is -2.20. The van der Waals surface area contributed by atoms with Crippen molar-refractivity contribution in [1.29, 1.82) is 0 Å². The average Bonchev–Trinajstić information content (AvgIpc) is 2.59. The fourth-order valence-electron chi connectivity index (χ4n) is 2.76. The van der Waals surface area contributed by atoms with E-state index in [1.165, 1.54) is 5.41 Å². The predicted molar refractivity (Wildman–Crippen MR) is 95.6 cm³/mol. The monoisotopic (exact) mass is 346 g/mol. The normalized spacial score (nSPS) is 16.2. The summed E-state index contributed by atoms with van der Waals surface area (Å²) in [5.74, 6) is 0. The van der Waals surface area contributed by atoms with E-state index in [4.69, 9.17) is 0 Å². The first kappa shape index (κ1) is 16.7. The van der Waals surface area contributed by atoms with Crippen LogP contribution in [0.15, 0.2) is 94.1 Å². The highest BCUT2D eigenvalue weighted by molar-refractivity contribution is 8.35. The summed E-state index contributed by atoms with van der Waals surface area (Å²) in [4.78, 5) is 1.84. The molecule has 0 amide bonds. The highest BCUT2D eigenvalue weighted by Gasteiger charge is 2.27. The van der Waals surface area contributed by atoms with Gasteiger partial charge in [-0.2, -0.15) is 23.2 Å². The Kier molecular flexibility index (Phi) is 4.41. The third kappa shape index (κ3) is 3.34. The Labute approximate surface area is 140 Å². The summed E-state index contributed by atoms with van der Waals surface area (Å²) in [5.41, 5.74) is 0. The van der Waals surface area contributed by atoms with Crippen LogP contribution < -0.4 is 0 Å². The molecule has 0 spiro atoms. The molecule has 0 N–H and O–H groups in total. The number of allylic oxidation sites excluding steroid dienone is 1. The molecule has 0 heterocycles. The highest BCUT2D eigenvalue weighted by atomic mass is 32.3. The minimum Gasteiger partial charge on any atom is -0.169 e. The Bertz CT molecular complexity index is 863. The van der Waals surface area contributed by atoms with Crippen molar-refractivity contribution in [2.24, 2.45) is 0 Å². The van der Waals surface area contributed by atoms with Gasteiger partial charge in [0.05, 0.1) is 0 Å². The lowest BCUT2D eigenvalue weighted by atomic mass is 10.1. The summed E-state index contributed by atoms with van der Waals surface area (Å²) in [6.45, 7) is 0. The van der Waals surface area contributed by atoms with Crippen molar-refractivity contribution in [2.75, 3.05) is 6.26 Å². The van der Waals surface area contributed by atoms with Crippen LogP contribution in [0.2, 0.25) is 0 Å². The molecule has 3 rings (SSSR count). The molecular weight excluding hydrogens is 329 g/mol. The van der Waals surface area contributed by atoms with Crippen LogP contribution in [0.1, 0.15) is 0 Å². The quantitative estimate of drug-likeness (QED) is 0.491.